The van der Waals surface area contributed by atoms with Gasteiger partial charge in [-0.1, -0.05) is 98.3 Å². The molecule has 0 spiro atoms. The topological polar surface area (TPSA) is 78.9 Å². The Hall–Kier alpha value is -5.81. The van der Waals surface area contributed by atoms with Crippen molar-refractivity contribution in [2.24, 2.45) is 0 Å². The van der Waals surface area contributed by atoms with Crippen LogP contribution in [0.5, 0.6) is 0 Å². The maximum Gasteiger partial charge on any atom is 0.346 e. The van der Waals surface area contributed by atoms with E-state index in [9.17, 15) is 9.90 Å². The largest absolute Gasteiger partial charge is 0.477 e. The summed E-state index contributed by atoms with van der Waals surface area (Å²) in [7, 11) is 0. The molecule has 50 heavy (non-hydrogen) atoms. The normalized spacial score (nSPS) is 11.8. The average molecular weight is 686 g/mol. The summed E-state index contributed by atoms with van der Waals surface area (Å²) in [6, 6.07) is 44.6. The number of benzene rings is 5. The highest BCUT2D eigenvalue weighted by Crippen LogP contribution is 2.41. The molecule has 0 aliphatic carbocycles. The minimum Gasteiger partial charge on any atom is -0.477 e. The number of nitriles is 1. The summed E-state index contributed by atoms with van der Waals surface area (Å²) in [6.45, 7) is 2.23. The van der Waals surface area contributed by atoms with Crippen LogP contribution in [-0.2, 0) is 11.2 Å². The van der Waals surface area contributed by atoms with Crippen molar-refractivity contribution in [2.75, 3.05) is 0 Å². The Balaban J connectivity index is 1.21. The number of carbonyl (C=O) groups is 1. The molecule has 0 atom stereocenters. The standard InChI is InChI=1S/C43H31N3O2S2/c1-2-3-8-27-13-19-31(20-14-27)46-41-36-12-7-5-10-34(36)33-9-4-6-11-35(33)40(41)45-42(46)29-17-15-28(16-18-29)37-23-24-39(50-37)38-22-21-32(49-38)25-30(26-44)43(47)48/h4-7,9-25H,2-3,8H2,1H3,(H,47,48)/b30-25+. The Morgan fingerprint density at radius 1 is 0.760 bits per heavy atom. The van der Waals surface area contributed by atoms with Gasteiger partial charge in [-0.2, -0.15) is 5.26 Å². The quantitative estimate of drug-likeness (QED) is 0.0932. The number of hydrogen-bond donors (Lipinski definition) is 1. The molecule has 0 saturated heterocycles. The molecule has 1 N–H and O–H groups in total. The number of rotatable bonds is 9. The fourth-order valence-electron chi connectivity index (χ4n) is 6.60. The van der Waals surface area contributed by atoms with Crippen molar-refractivity contribution in [3.05, 3.63) is 137 Å². The number of hydrogen-bond acceptors (Lipinski definition) is 5. The predicted molar refractivity (Wildman–Crippen MR) is 208 cm³/mol. The monoisotopic (exact) mass is 685 g/mol. The number of fused-ring (bicyclic) bond motifs is 6. The first-order valence-electron chi connectivity index (χ1n) is 16.6. The Morgan fingerprint density at radius 2 is 1.38 bits per heavy atom. The molecule has 0 saturated carbocycles. The van der Waals surface area contributed by atoms with E-state index in [1.165, 1.54) is 52.0 Å². The number of aryl methyl sites for hydroxylation is 1. The Labute approximate surface area is 297 Å². The van der Waals surface area contributed by atoms with Gasteiger partial charge in [0, 0.05) is 41.5 Å². The zero-order valence-electron chi connectivity index (χ0n) is 27.3. The molecule has 0 aliphatic rings. The highest BCUT2D eigenvalue weighted by atomic mass is 32.1. The molecule has 0 radical (unpaired) electrons. The summed E-state index contributed by atoms with van der Waals surface area (Å²) in [5, 5.41) is 23.1. The van der Waals surface area contributed by atoms with Gasteiger partial charge >= 0.3 is 5.97 Å². The molecule has 8 aromatic rings. The summed E-state index contributed by atoms with van der Waals surface area (Å²) in [4.78, 5) is 20.7. The van der Waals surface area contributed by atoms with Crippen LogP contribution >= 0.6 is 22.7 Å². The molecule has 3 heterocycles. The minimum absolute atomic E-state index is 0.274. The molecule has 5 nitrogen and oxygen atoms in total. The second-order valence-electron chi connectivity index (χ2n) is 12.2. The number of nitrogens with zero attached hydrogens (tertiary/aromatic N) is 3. The van der Waals surface area contributed by atoms with Crippen LogP contribution in [0.3, 0.4) is 0 Å². The number of thiophene rings is 2. The van der Waals surface area contributed by atoms with Gasteiger partial charge in [-0.05, 0) is 77.2 Å². The maximum absolute atomic E-state index is 11.3. The van der Waals surface area contributed by atoms with Crippen LogP contribution in [0.15, 0.2) is 127 Å². The minimum atomic E-state index is -1.22. The van der Waals surface area contributed by atoms with Crippen LogP contribution in [0.25, 0.3) is 75.9 Å². The maximum atomic E-state index is 11.3. The van der Waals surface area contributed by atoms with Gasteiger partial charge in [0.05, 0.1) is 11.0 Å². The van der Waals surface area contributed by atoms with Gasteiger partial charge in [0.25, 0.3) is 0 Å². The van der Waals surface area contributed by atoms with E-state index in [1.807, 2.05) is 12.1 Å². The molecule has 7 heteroatoms. The van der Waals surface area contributed by atoms with Crippen LogP contribution in [0.1, 0.15) is 30.2 Å². The highest BCUT2D eigenvalue weighted by molar-refractivity contribution is 7.24. The van der Waals surface area contributed by atoms with E-state index in [1.54, 1.807) is 17.4 Å². The molecule has 0 amide bonds. The van der Waals surface area contributed by atoms with Gasteiger partial charge in [0.2, 0.25) is 0 Å². The van der Waals surface area contributed by atoms with Gasteiger partial charge in [-0.3, -0.25) is 4.57 Å². The fraction of sp³-hybridized carbons (Fsp3) is 0.0930. The summed E-state index contributed by atoms with van der Waals surface area (Å²) in [6.07, 6.45) is 4.84. The number of unbranched alkanes of at least 4 members (excludes halogenated alkanes) is 1. The van der Waals surface area contributed by atoms with Crippen molar-refractivity contribution in [1.82, 2.24) is 9.55 Å². The van der Waals surface area contributed by atoms with Crippen LogP contribution in [0.4, 0.5) is 0 Å². The van der Waals surface area contributed by atoms with Crippen LogP contribution < -0.4 is 0 Å². The zero-order chi connectivity index (χ0) is 34.2. The lowest BCUT2D eigenvalue weighted by Gasteiger charge is -2.13. The third-order valence-corrected chi connectivity index (χ3v) is 11.4. The first-order chi connectivity index (χ1) is 24.5. The molecule has 242 valence electrons. The first kappa shape index (κ1) is 31.5. The SMILES string of the molecule is CCCCc1ccc(-n2c(-c3ccc(-c4ccc(-c5ccc(/C=C(\C#N)C(=O)O)s5)s4)cc3)nc3c4ccccc4c4ccccc4c32)cc1. The van der Waals surface area contributed by atoms with Crippen LogP contribution in [-0.4, -0.2) is 20.6 Å². The van der Waals surface area contributed by atoms with Crippen LogP contribution in [0.2, 0.25) is 0 Å². The van der Waals surface area contributed by atoms with Crippen molar-refractivity contribution in [3.8, 4) is 43.3 Å². The van der Waals surface area contributed by atoms with Gasteiger partial charge in [-0.25, -0.2) is 9.78 Å². The summed E-state index contributed by atoms with van der Waals surface area (Å²) in [5.74, 6) is -0.319. The fourth-order valence-corrected chi connectivity index (χ4v) is 8.65. The molecule has 0 bridgehead atoms. The number of carboxylic acids is 1. The molecule has 3 aromatic heterocycles. The summed E-state index contributed by atoms with van der Waals surface area (Å²) in [5.41, 5.74) is 6.41. The van der Waals surface area contributed by atoms with Crippen molar-refractivity contribution in [1.29, 1.82) is 5.26 Å². The van der Waals surface area contributed by atoms with Crippen molar-refractivity contribution in [3.63, 3.8) is 0 Å². The Bertz CT molecular complexity index is 2620. The molecule has 5 aromatic carbocycles. The number of aliphatic carboxylic acids is 1. The first-order valence-corrected chi connectivity index (χ1v) is 18.2. The lowest BCUT2D eigenvalue weighted by Crippen LogP contribution is -1.99. The van der Waals surface area contributed by atoms with E-state index >= 15 is 0 Å². The van der Waals surface area contributed by atoms with Crippen molar-refractivity contribution in [2.45, 2.75) is 26.2 Å². The summed E-state index contributed by atoms with van der Waals surface area (Å²) < 4.78 is 2.33. The third-order valence-electron chi connectivity index (χ3n) is 9.09. The lowest BCUT2D eigenvalue weighted by molar-refractivity contribution is -0.132. The molecule has 8 rings (SSSR count). The van der Waals surface area contributed by atoms with E-state index in [2.05, 4.69) is 121 Å². The van der Waals surface area contributed by atoms with E-state index < -0.39 is 5.97 Å². The average Bonchev–Trinajstić information content (AvgIpc) is 3.93. The second-order valence-corrected chi connectivity index (χ2v) is 14.4. The van der Waals surface area contributed by atoms with Crippen molar-refractivity contribution >= 4 is 67.3 Å². The van der Waals surface area contributed by atoms with Gasteiger partial charge < -0.3 is 5.11 Å². The van der Waals surface area contributed by atoms with Gasteiger partial charge in [0.15, 0.2) is 0 Å². The number of imidazole rings is 1. The van der Waals surface area contributed by atoms with Gasteiger partial charge in [0.1, 0.15) is 17.5 Å². The molecule has 0 aliphatic heterocycles. The molecular weight excluding hydrogens is 655 g/mol. The Morgan fingerprint density at radius 3 is 2.08 bits per heavy atom. The zero-order valence-corrected chi connectivity index (χ0v) is 28.9. The second kappa shape index (κ2) is 13.2. The Kier molecular flexibility index (Phi) is 8.33. The summed E-state index contributed by atoms with van der Waals surface area (Å²) >= 11 is 3.16. The highest BCUT2D eigenvalue weighted by Gasteiger charge is 2.20. The molecular formula is C43H31N3O2S2. The number of aromatic nitrogens is 2. The predicted octanol–water partition coefficient (Wildman–Crippen LogP) is 11.8. The van der Waals surface area contributed by atoms with E-state index in [-0.39, 0.29) is 5.57 Å². The molecule has 0 unspecified atom stereocenters. The smallest absolute Gasteiger partial charge is 0.346 e. The third kappa shape index (κ3) is 5.69. The van der Waals surface area contributed by atoms with E-state index in [4.69, 9.17) is 10.2 Å². The van der Waals surface area contributed by atoms with Gasteiger partial charge in [-0.15, -0.1) is 22.7 Å². The van der Waals surface area contributed by atoms with Crippen LogP contribution in [0, 0.1) is 11.3 Å². The van der Waals surface area contributed by atoms with Crippen molar-refractivity contribution < 1.29 is 9.90 Å². The number of carboxylic acid groups (broad SMARTS) is 1. The van der Waals surface area contributed by atoms with E-state index in [0.717, 1.165) is 65.0 Å². The molecule has 0 fully saturated rings. The van der Waals surface area contributed by atoms with E-state index in [0.29, 0.717) is 0 Å². The lowest BCUT2D eigenvalue weighted by atomic mass is 10.00.